The molecular formula is C26H26N4O5S. The lowest BCUT2D eigenvalue weighted by molar-refractivity contribution is -0.117. The van der Waals surface area contributed by atoms with Gasteiger partial charge in [-0.1, -0.05) is 12.1 Å². The summed E-state index contributed by atoms with van der Waals surface area (Å²) in [5.74, 6) is 0.214. The Kier molecular flexibility index (Phi) is 5.91. The van der Waals surface area contributed by atoms with Crippen molar-refractivity contribution in [3.05, 3.63) is 66.5 Å². The van der Waals surface area contributed by atoms with Crippen LogP contribution in [0.3, 0.4) is 0 Å². The molecular weight excluding hydrogens is 480 g/mol. The number of benzene rings is 2. The predicted molar refractivity (Wildman–Crippen MR) is 138 cm³/mol. The largest absolute Gasteiger partial charge is 0.419 e. The van der Waals surface area contributed by atoms with E-state index in [-0.39, 0.29) is 18.5 Å². The topological polar surface area (TPSA) is 100 Å². The number of nitrogens with zero attached hydrogens (tertiary/aromatic N) is 4. The van der Waals surface area contributed by atoms with E-state index in [4.69, 9.17) is 4.74 Å². The van der Waals surface area contributed by atoms with Crippen LogP contribution in [0.15, 0.2) is 60.9 Å². The molecule has 3 heterocycles. The predicted octanol–water partition coefficient (Wildman–Crippen LogP) is 3.83. The summed E-state index contributed by atoms with van der Waals surface area (Å²) in [5.41, 5.74) is 4.55. The number of amides is 2. The summed E-state index contributed by atoms with van der Waals surface area (Å²) in [7, 11) is -3.33. The van der Waals surface area contributed by atoms with Crippen LogP contribution in [0.4, 0.5) is 21.9 Å². The summed E-state index contributed by atoms with van der Waals surface area (Å²) >= 11 is 0. The minimum Gasteiger partial charge on any atom is -0.408 e. The second kappa shape index (κ2) is 8.94. The number of aromatic nitrogens is 1. The van der Waals surface area contributed by atoms with Gasteiger partial charge in [-0.25, -0.2) is 13.2 Å². The Morgan fingerprint density at radius 2 is 1.75 bits per heavy atom. The molecule has 2 aliphatic heterocycles. The van der Waals surface area contributed by atoms with Crippen LogP contribution in [0.2, 0.25) is 0 Å². The number of sulfonamides is 1. The van der Waals surface area contributed by atoms with E-state index in [1.807, 2.05) is 43.3 Å². The number of pyridine rings is 1. The number of ether oxygens (including phenoxy) is 1. The molecule has 0 aliphatic carbocycles. The Morgan fingerprint density at radius 1 is 1.03 bits per heavy atom. The highest BCUT2D eigenvalue weighted by molar-refractivity contribution is 7.92. The van der Waals surface area contributed by atoms with Crippen LogP contribution in [-0.2, 0) is 21.2 Å². The monoisotopic (exact) mass is 506 g/mol. The highest BCUT2D eigenvalue weighted by Gasteiger charge is 2.35. The van der Waals surface area contributed by atoms with Crippen LogP contribution in [0.25, 0.3) is 11.1 Å². The zero-order valence-electron chi connectivity index (χ0n) is 20.2. The van der Waals surface area contributed by atoms with Crippen molar-refractivity contribution in [2.75, 3.05) is 33.5 Å². The molecule has 3 aromatic rings. The smallest absolute Gasteiger partial charge is 0.408 e. The number of rotatable bonds is 3. The maximum absolute atomic E-state index is 13.2. The van der Waals surface area contributed by atoms with Crippen molar-refractivity contribution >= 4 is 39.1 Å². The molecule has 0 bridgehead atoms. The summed E-state index contributed by atoms with van der Waals surface area (Å²) in [4.78, 5) is 32.9. The summed E-state index contributed by atoms with van der Waals surface area (Å²) < 4.78 is 31.2. The van der Waals surface area contributed by atoms with Crippen molar-refractivity contribution in [2.24, 2.45) is 0 Å². The molecule has 1 atom stereocenters. The van der Waals surface area contributed by atoms with E-state index < -0.39 is 16.1 Å². The van der Waals surface area contributed by atoms with Gasteiger partial charge in [0.05, 0.1) is 35.6 Å². The average Bonchev–Trinajstić information content (AvgIpc) is 3.27. The molecule has 0 fully saturated rings. The normalized spacial score (nSPS) is 17.0. The molecule has 0 N–H and O–H groups in total. The maximum Gasteiger partial charge on any atom is 0.419 e. The lowest BCUT2D eigenvalue weighted by atomic mass is 9.98. The molecule has 2 aliphatic rings. The molecule has 2 aromatic carbocycles. The molecule has 186 valence electrons. The van der Waals surface area contributed by atoms with Gasteiger partial charge in [0.15, 0.2) is 5.75 Å². The number of hydrogen-bond acceptors (Lipinski definition) is 6. The van der Waals surface area contributed by atoms with Crippen LogP contribution in [0, 0.1) is 0 Å². The van der Waals surface area contributed by atoms with Crippen molar-refractivity contribution in [3.8, 4) is 16.9 Å². The van der Waals surface area contributed by atoms with E-state index in [1.54, 1.807) is 23.2 Å². The SMILES string of the molecule is CC(=O)N1c2ccc(-c3ccc4c(c3)CCN4S(C)(=O)=O)cc2N(C(=O)Oc2cccnc2)CC1C. The van der Waals surface area contributed by atoms with E-state index in [0.29, 0.717) is 35.8 Å². The fourth-order valence-electron chi connectivity index (χ4n) is 4.92. The standard InChI is InChI=1S/C26H26N4O5S/c1-17-16-28(26(32)35-22-5-4-11-27-15-22)25-14-20(7-9-24(25)30(17)18(2)31)19-6-8-23-21(13-19)10-12-29(23)36(3,33)34/h4-9,11,13-15,17H,10,12,16H2,1-3H3. The summed E-state index contributed by atoms with van der Waals surface area (Å²) in [6, 6.07) is 14.4. The van der Waals surface area contributed by atoms with Crippen LogP contribution < -0.4 is 18.8 Å². The molecule has 1 unspecified atom stereocenters. The quantitative estimate of drug-likeness (QED) is 0.535. The van der Waals surface area contributed by atoms with Crippen molar-refractivity contribution in [3.63, 3.8) is 0 Å². The highest BCUT2D eigenvalue weighted by atomic mass is 32.2. The Bertz CT molecular complexity index is 1460. The Morgan fingerprint density at radius 3 is 2.42 bits per heavy atom. The fourth-order valence-corrected chi connectivity index (χ4v) is 5.87. The lowest BCUT2D eigenvalue weighted by Gasteiger charge is -2.40. The van der Waals surface area contributed by atoms with Crippen molar-refractivity contribution in [2.45, 2.75) is 26.3 Å². The molecule has 5 rings (SSSR count). The molecule has 0 saturated heterocycles. The van der Waals surface area contributed by atoms with Crippen molar-refractivity contribution < 1.29 is 22.7 Å². The third-order valence-electron chi connectivity index (χ3n) is 6.48. The number of carbonyl (C=O) groups excluding carboxylic acids is 2. The van der Waals surface area contributed by atoms with E-state index in [1.165, 1.54) is 28.6 Å². The Balaban J connectivity index is 1.54. The molecule has 10 heteroatoms. The molecule has 9 nitrogen and oxygen atoms in total. The second-order valence-electron chi connectivity index (χ2n) is 9.04. The molecule has 1 aromatic heterocycles. The van der Waals surface area contributed by atoms with Crippen LogP contribution >= 0.6 is 0 Å². The van der Waals surface area contributed by atoms with Gasteiger partial charge >= 0.3 is 6.09 Å². The number of hydrogen-bond donors (Lipinski definition) is 0. The summed E-state index contributed by atoms with van der Waals surface area (Å²) in [6.45, 7) is 4.08. The first-order chi connectivity index (χ1) is 17.1. The van der Waals surface area contributed by atoms with Crippen LogP contribution in [0.1, 0.15) is 19.4 Å². The van der Waals surface area contributed by atoms with Gasteiger partial charge in [-0.3, -0.25) is 19.0 Å². The van der Waals surface area contributed by atoms with Gasteiger partial charge in [-0.2, -0.15) is 0 Å². The van der Waals surface area contributed by atoms with Crippen LogP contribution in [-0.4, -0.2) is 50.8 Å². The van der Waals surface area contributed by atoms with Gasteiger partial charge in [0.2, 0.25) is 15.9 Å². The van der Waals surface area contributed by atoms with Crippen molar-refractivity contribution in [1.29, 1.82) is 0 Å². The first kappa shape index (κ1) is 23.8. The molecule has 0 spiro atoms. The minimum absolute atomic E-state index is 0.116. The lowest BCUT2D eigenvalue weighted by Crippen LogP contribution is -2.52. The average molecular weight is 507 g/mol. The number of anilines is 3. The van der Waals surface area contributed by atoms with Crippen molar-refractivity contribution in [1.82, 2.24) is 4.98 Å². The van der Waals surface area contributed by atoms with Gasteiger partial charge in [0.25, 0.3) is 0 Å². The van der Waals surface area contributed by atoms with E-state index in [9.17, 15) is 18.0 Å². The first-order valence-corrected chi connectivity index (χ1v) is 13.4. The maximum atomic E-state index is 13.2. The molecule has 0 radical (unpaired) electrons. The van der Waals surface area contributed by atoms with E-state index in [2.05, 4.69) is 4.98 Å². The second-order valence-corrected chi connectivity index (χ2v) is 10.9. The zero-order chi connectivity index (χ0) is 25.6. The van der Waals surface area contributed by atoms with Gasteiger partial charge in [0, 0.05) is 26.2 Å². The summed E-state index contributed by atoms with van der Waals surface area (Å²) in [6.07, 6.45) is 4.34. The van der Waals surface area contributed by atoms with E-state index >= 15 is 0 Å². The third-order valence-corrected chi connectivity index (χ3v) is 7.66. The first-order valence-electron chi connectivity index (χ1n) is 11.6. The molecule has 2 amide bonds. The molecule has 36 heavy (non-hydrogen) atoms. The zero-order valence-corrected chi connectivity index (χ0v) is 21.0. The van der Waals surface area contributed by atoms with Gasteiger partial charge in [0.1, 0.15) is 0 Å². The number of carbonyl (C=O) groups is 2. The van der Waals surface area contributed by atoms with Gasteiger partial charge in [-0.15, -0.1) is 0 Å². The van der Waals surface area contributed by atoms with Crippen LogP contribution in [0.5, 0.6) is 5.75 Å². The molecule has 0 saturated carbocycles. The minimum atomic E-state index is -3.33. The summed E-state index contributed by atoms with van der Waals surface area (Å²) in [5, 5.41) is 0. The highest BCUT2D eigenvalue weighted by Crippen LogP contribution is 2.40. The Hall–Kier alpha value is -3.92. The Labute approximate surface area is 210 Å². The third kappa shape index (κ3) is 4.28. The van der Waals surface area contributed by atoms with E-state index in [0.717, 1.165) is 16.7 Å². The van der Waals surface area contributed by atoms with Gasteiger partial charge < -0.3 is 9.64 Å². The number of fused-ring (bicyclic) bond motifs is 2. The fraction of sp³-hybridized carbons (Fsp3) is 0.269. The van der Waals surface area contributed by atoms with Gasteiger partial charge in [-0.05, 0) is 66.4 Å².